The molecule has 0 radical (unpaired) electrons. The van der Waals surface area contributed by atoms with Crippen molar-refractivity contribution in [3.63, 3.8) is 0 Å². The molecular formula is C28H32ClFN2O6. The van der Waals surface area contributed by atoms with E-state index in [-0.39, 0.29) is 47.9 Å². The second-order valence-electron chi connectivity index (χ2n) is 10.4. The van der Waals surface area contributed by atoms with Gasteiger partial charge in [0.25, 0.3) is 5.91 Å². The maximum absolute atomic E-state index is 14.0. The summed E-state index contributed by atoms with van der Waals surface area (Å²) in [7, 11) is 1.32. The van der Waals surface area contributed by atoms with Crippen molar-refractivity contribution in [2.24, 2.45) is 5.92 Å². The molecule has 1 amide bonds. The van der Waals surface area contributed by atoms with E-state index in [4.69, 9.17) is 25.8 Å². The summed E-state index contributed by atoms with van der Waals surface area (Å²) in [4.78, 5) is 28.6. The van der Waals surface area contributed by atoms with Gasteiger partial charge in [-0.05, 0) is 42.3 Å². The SMILES string of the molecule is COC(=O)[C@H]1CCN(C(=O)c2ccc(F)cc2OC[C@@H](O)CN2CCC3(CC2)Cc2cc(Cl)ccc2O3)C1. The second kappa shape index (κ2) is 11.1. The minimum Gasteiger partial charge on any atom is -0.490 e. The lowest BCUT2D eigenvalue weighted by Crippen LogP contribution is -2.49. The number of aliphatic hydroxyl groups excluding tert-OH is 1. The first-order valence-corrected chi connectivity index (χ1v) is 13.3. The standard InChI is InChI=1S/C28H32ClFN2O6/c1-36-27(35)18-6-9-32(15-18)26(34)23-4-3-21(30)13-25(23)37-17-22(33)16-31-10-7-28(8-11-31)14-19-12-20(29)2-5-24(19)38-28/h2-5,12-13,18,22,33H,6-11,14-17H2,1H3/t18-,22-/m0/s1. The lowest BCUT2D eigenvalue weighted by Gasteiger charge is -2.39. The van der Waals surface area contributed by atoms with E-state index in [2.05, 4.69) is 4.90 Å². The molecule has 5 rings (SSSR count). The number of nitrogens with zero attached hydrogens (tertiary/aromatic N) is 2. The Labute approximate surface area is 226 Å². The molecule has 3 aliphatic heterocycles. The largest absolute Gasteiger partial charge is 0.490 e. The predicted octanol–water partition coefficient (Wildman–Crippen LogP) is 3.32. The van der Waals surface area contributed by atoms with Crippen molar-refractivity contribution in [3.8, 4) is 11.5 Å². The summed E-state index contributed by atoms with van der Waals surface area (Å²) in [6.45, 7) is 2.47. The van der Waals surface area contributed by atoms with E-state index < -0.39 is 11.9 Å². The van der Waals surface area contributed by atoms with Gasteiger partial charge in [0.2, 0.25) is 0 Å². The van der Waals surface area contributed by atoms with Gasteiger partial charge in [0.1, 0.15) is 35.6 Å². The van der Waals surface area contributed by atoms with E-state index in [1.165, 1.54) is 19.2 Å². The van der Waals surface area contributed by atoms with Gasteiger partial charge < -0.3 is 29.1 Å². The molecule has 0 bridgehead atoms. The zero-order valence-corrected chi connectivity index (χ0v) is 22.1. The van der Waals surface area contributed by atoms with Gasteiger partial charge in [-0.3, -0.25) is 9.59 Å². The first kappa shape index (κ1) is 26.7. The van der Waals surface area contributed by atoms with E-state index in [0.29, 0.717) is 24.5 Å². The summed E-state index contributed by atoms with van der Waals surface area (Å²) < 4.78 is 30.8. The van der Waals surface area contributed by atoms with Crippen LogP contribution < -0.4 is 9.47 Å². The van der Waals surface area contributed by atoms with E-state index in [1.54, 1.807) is 4.90 Å². The number of ether oxygens (including phenoxy) is 3. The van der Waals surface area contributed by atoms with E-state index in [1.807, 2.05) is 18.2 Å². The number of rotatable bonds is 7. The van der Waals surface area contributed by atoms with Crippen LogP contribution in [-0.2, 0) is 16.0 Å². The molecule has 3 aliphatic rings. The highest BCUT2D eigenvalue weighted by Crippen LogP contribution is 2.42. The van der Waals surface area contributed by atoms with Gasteiger partial charge in [-0.1, -0.05) is 11.6 Å². The van der Waals surface area contributed by atoms with Crippen molar-refractivity contribution in [2.75, 3.05) is 46.4 Å². The zero-order chi connectivity index (χ0) is 26.9. The molecule has 1 spiro atoms. The molecule has 2 atom stereocenters. The molecule has 3 heterocycles. The molecule has 0 saturated carbocycles. The van der Waals surface area contributed by atoms with Crippen molar-refractivity contribution in [1.29, 1.82) is 0 Å². The monoisotopic (exact) mass is 546 g/mol. The van der Waals surface area contributed by atoms with Crippen LogP contribution in [0.4, 0.5) is 4.39 Å². The van der Waals surface area contributed by atoms with Gasteiger partial charge in [0.05, 0.1) is 18.6 Å². The van der Waals surface area contributed by atoms with Gasteiger partial charge >= 0.3 is 5.97 Å². The third kappa shape index (κ3) is 5.75. The summed E-state index contributed by atoms with van der Waals surface area (Å²) >= 11 is 6.13. The number of carbonyl (C=O) groups is 2. The molecule has 0 unspecified atom stereocenters. The Balaban J connectivity index is 1.13. The van der Waals surface area contributed by atoms with Gasteiger partial charge in [-0.15, -0.1) is 0 Å². The number of esters is 1. The number of likely N-dealkylation sites (tertiary alicyclic amines) is 2. The van der Waals surface area contributed by atoms with Crippen LogP contribution in [0.25, 0.3) is 0 Å². The summed E-state index contributed by atoms with van der Waals surface area (Å²) in [6, 6.07) is 9.46. The summed E-state index contributed by atoms with van der Waals surface area (Å²) in [5.41, 5.74) is 1.10. The quantitative estimate of drug-likeness (QED) is 0.533. The number of hydrogen-bond acceptors (Lipinski definition) is 7. The molecule has 1 N–H and O–H groups in total. The average molecular weight is 547 g/mol. The number of aliphatic hydroxyl groups is 1. The molecule has 10 heteroatoms. The van der Waals surface area contributed by atoms with E-state index in [0.717, 1.165) is 49.7 Å². The second-order valence-corrected chi connectivity index (χ2v) is 10.8. The Hall–Kier alpha value is -2.88. The minimum atomic E-state index is -0.828. The topological polar surface area (TPSA) is 88.5 Å². The molecule has 204 valence electrons. The molecule has 2 aromatic carbocycles. The highest BCUT2D eigenvalue weighted by molar-refractivity contribution is 6.30. The van der Waals surface area contributed by atoms with E-state index in [9.17, 15) is 19.1 Å². The van der Waals surface area contributed by atoms with Crippen LogP contribution in [0.2, 0.25) is 5.02 Å². The summed E-state index contributed by atoms with van der Waals surface area (Å²) in [6.07, 6.45) is 2.17. The average Bonchev–Trinajstić information content (AvgIpc) is 3.53. The predicted molar refractivity (Wildman–Crippen MR) is 138 cm³/mol. The molecule has 38 heavy (non-hydrogen) atoms. The maximum atomic E-state index is 14.0. The molecule has 2 fully saturated rings. The van der Waals surface area contributed by atoms with Crippen LogP contribution in [-0.4, -0.2) is 84.9 Å². The van der Waals surface area contributed by atoms with Crippen molar-refractivity contribution in [1.82, 2.24) is 9.80 Å². The Kier molecular flexibility index (Phi) is 7.79. The summed E-state index contributed by atoms with van der Waals surface area (Å²) in [5.74, 6) is -0.645. The highest BCUT2D eigenvalue weighted by Gasteiger charge is 2.42. The third-order valence-electron chi connectivity index (χ3n) is 7.71. The van der Waals surface area contributed by atoms with Gasteiger partial charge in [0, 0.05) is 63.1 Å². The van der Waals surface area contributed by atoms with Crippen LogP contribution in [0.15, 0.2) is 36.4 Å². The maximum Gasteiger partial charge on any atom is 0.310 e. The number of piperidine rings is 1. The fourth-order valence-corrected chi connectivity index (χ4v) is 5.82. The number of hydrogen-bond donors (Lipinski definition) is 1. The summed E-state index contributed by atoms with van der Waals surface area (Å²) in [5, 5.41) is 11.4. The Morgan fingerprint density at radius 3 is 2.76 bits per heavy atom. The van der Waals surface area contributed by atoms with Crippen molar-refractivity contribution < 1.29 is 33.3 Å². The number of β-amino-alcohol motifs (C(OH)–C–C–N with tert-alkyl or cyclic N) is 1. The number of amides is 1. The van der Waals surface area contributed by atoms with Crippen LogP contribution in [0, 0.1) is 11.7 Å². The van der Waals surface area contributed by atoms with Gasteiger partial charge in [-0.2, -0.15) is 0 Å². The number of fused-ring (bicyclic) bond motifs is 1. The van der Waals surface area contributed by atoms with Crippen molar-refractivity contribution in [3.05, 3.63) is 58.4 Å². The van der Waals surface area contributed by atoms with Crippen LogP contribution in [0.3, 0.4) is 0 Å². The fourth-order valence-electron chi connectivity index (χ4n) is 5.63. The normalized spacial score (nSPS) is 21.2. The molecule has 2 saturated heterocycles. The van der Waals surface area contributed by atoms with Crippen LogP contribution in [0.5, 0.6) is 11.5 Å². The van der Waals surface area contributed by atoms with Crippen LogP contribution in [0.1, 0.15) is 35.2 Å². The lowest BCUT2D eigenvalue weighted by molar-refractivity contribution is -0.144. The van der Waals surface area contributed by atoms with Crippen molar-refractivity contribution >= 4 is 23.5 Å². The minimum absolute atomic E-state index is 0.0731. The third-order valence-corrected chi connectivity index (χ3v) is 7.95. The fraction of sp³-hybridized carbons (Fsp3) is 0.500. The Morgan fingerprint density at radius 2 is 2.00 bits per heavy atom. The molecule has 8 nitrogen and oxygen atoms in total. The molecule has 2 aromatic rings. The number of halogens is 2. The number of benzene rings is 2. The lowest BCUT2D eigenvalue weighted by atomic mass is 9.87. The first-order valence-electron chi connectivity index (χ1n) is 12.9. The first-order chi connectivity index (χ1) is 18.2. The smallest absolute Gasteiger partial charge is 0.310 e. The zero-order valence-electron chi connectivity index (χ0n) is 21.3. The highest BCUT2D eigenvalue weighted by atomic mass is 35.5. The number of methoxy groups -OCH3 is 1. The molecule has 0 aliphatic carbocycles. The van der Waals surface area contributed by atoms with E-state index >= 15 is 0 Å². The Morgan fingerprint density at radius 1 is 1.21 bits per heavy atom. The molecule has 0 aromatic heterocycles. The molecular weight excluding hydrogens is 515 g/mol. The van der Waals surface area contributed by atoms with Gasteiger partial charge in [-0.25, -0.2) is 4.39 Å². The van der Waals surface area contributed by atoms with Gasteiger partial charge in [0.15, 0.2) is 0 Å². The Bertz CT molecular complexity index is 1200. The van der Waals surface area contributed by atoms with Crippen molar-refractivity contribution in [2.45, 2.75) is 37.4 Å². The van der Waals surface area contributed by atoms with Crippen LogP contribution >= 0.6 is 11.6 Å². The number of carbonyl (C=O) groups excluding carboxylic acids is 2.